The van der Waals surface area contributed by atoms with E-state index in [1.54, 1.807) is 0 Å². The number of nitrogens with zero attached hydrogens (tertiary/aromatic N) is 3. The van der Waals surface area contributed by atoms with Crippen molar-refractivity contribution in [3.05, 3.63) is 18.3 Å². The molecule has 0 aromatic carbocycles. The predicted octanol–water partition coefficient (Wildman–Crippen LogP) is 1.90. The molecule has 1 fully saturated rings. The van der Waals surface area contributed by atoms with E-state index < -0.39 is 5.95 Å². The van der Waals surface area contributed by atoms with Gasteiger partial charge >= 0.3 is 0 Å². The Morgan fingerprint density at radius 3 is 3.00 bits per heavy atom. The maximum absolute atomic E-state index is 13.3. The van der Waals surface area contributed by atoms with E-state index in [1.807, 2.05) is 0 Å². The van der Waals surface area contributed by atoms with Crippen molar-refractivity contribution in [2.45, 2.75) is 32.2 Å². The summed E-state index contributed by atoms with van der Waals surface area (Å²) < 4.78 is 13.3. The zero-order chi connectivity index (χ0) is 12.1. The van der Waals surface area contributed by atoms with Crippen molar-refractivity contribution in [1.82, 2.24) is 14.9 Å². The van der Waals surface area contributed by atoms with Gasteiger partial charge in [0.05, 0.1) is 0 Å². The fraction of sp³-hybridized carbons (Fsp3) is 0.667. The molecule has 1 aliphatic rings. The molecule has 94 valence electrons. The van der Waals surface area contributed by atoms with Crippen LogP contribution < -0.4 is 5.32 Å². The van der Waals surface area contributed by atoms with E-state index in [4.69, 9.17) is 0 Å². The van der Waals surface area contributed by atoms with Gasteiger partial charge in [0.2, 0.25) is 0 Å². The van der Waals surface area contributed by atoms with E-state index in [9.17, 15) is 4.39 Å². The lowest BCUT2D eigenvalue weighted by molar-refractivity contribution is 0.164. The summed E-state index contributed by atoms with van der Waals surface area (Å²) in [5, 5.41) is 3.06. The lowest BCUT2D eigenvalue weighted by Gasteiger charge is -2.34. The summed E-state index contributed by atoms with van der Waals surface area (Å²) in [4.78, 5) is 9.96. The standard InChI is InChI=1S/C12H19FN4/c1-2-17-8-4-3-5-10(17)9-16-12-11(13)14-6-7-15-12/h6-7,10H,2-5,8-9H2,1H3,(H,15,16)/t10-/m1/s1. The van der Waals surface area contributed by atoms with E-state index in [0.717, 1.165) is 19.6 Å². The topological polar surface area (TPSA) is 41.0 Å². The van der Waals surface area contributed by atoms with Crippen molar-refractivity contribution in [2.75, 3.05) is 25.0 Å². The van der Waals surface area contributed by atoms with Crippen LogP contribution in [-0.4, -0.2) is 40.5 Å². The zero-order valence-corrected chi connectivity index (χ0v) is 10.2. The molecule has 5 heteroatoms. The fourth-order valence-corrected chi connectivity index (χ4v) is 2.36. The minimum atomic E-state index is -0.522. The summed E-state index contributed by atoms with van der Waals surface area (Å²) >= 11 is 0. The molecule has 0 saturated carbocycles. The van der Waals surface area contributed by atoms with Gasteiger partial charge in [0.25, 0.3) is 5.95 Å². The number of halogens is 1. The van der Waals surface area contributed by atoms with E-state index in [2.05, 4.69) is 27.1 Å². The SMILES string of the molecule is CCN1CCCC[C@@H]1CNc1nccnc1F. The van der Waals surface area contributed by atoms with Crippen LogP contribution >= 0.6 is 0 Å². The second-order valence-corrected chi connectivity index (χ2v) is 4.35. The third-order valence-corrected chi connectivity index (χ3v) is 3.31. The molecule has 4 nitrogen and oxygen atoms in total. The average molecular weight is 238 g/mol. The summed E-state index contributed by atoms with van der Waals surface area (Å²) in [7, 11) is 0. The number of anilines is 1. The van der Waals surface area contributed by atoms with Gasteiger partial charge < -0.3 is 5.32 Å². The first-order valence-corrected chi connectivity index (χ1v) is 6.25. The Balaban J connectivity index is 1.90. The Bertz CT molecular complexity index is 358. The van der Waals surface area contributed by atoms with Crippen molar-refractivity contribution in [3.63, 3.8) is 0 Å². The van der Waals surface area contributed by atoms with Gasteiger partial charge in [0.1, 0.15) is 0 Å². The molecule has 0 unspecified atom stereocenters. The van der Waals surface area contributed by atoms with Crippen LogP contribution in [-0.2, 0) is 0 Å². The highest BCUT2D eigenvalue weighted by Crippen LogP contribution is 2.17. The molecule has 1 aliphatic heterocycles. The molecular formula is C12H19FN4. The van der Waals surface area contributed by atoms with Crippen molar-refractivity contribution >= 4 is 5.82 Å². The summed E-state index contributed by atoms with van der Waals surface area (Å²) in [5.74, 6) is -0.263. The third-order valence-electron chi connectivity index (χ3n) is 3.31. The molecule has 2 rings (SSSR count). The highest BCUT2D eigenvalue weighted by atomic mass is 19.1. The molecule has 17 heavy (non-hydrogen) atoms. The van der Waals surface area contributed by atoms with Crippen molar-refractivity contribution in [1.29, 1.82) is 0 Å². The molecule has 0 bridgehead atoms. The van der Waals surface area contributed by atoms with E-state index in [0.29, 0.717) is 6.04 Å². The van der Waals surface area contributed by atoms with Crippen molar-refractivity contribution < 1.29 is 4.39 Å². The number of hydrogen-bond donors (Lipinski definition) is 1. The van der Waals surface area contributed by atoms with Crippen LogP contribution in [0.4, 0.5) is 10.2 Å². The van der Waals surface area contributed by atoms with Crippen molar-refractivity contribution in [3.8, 4) is 0 Å². The second-order valence-electron chi connectivity index (χ2n) is 4.35. The van der Waals surface area contributed by atoms with Gasteiger partial charge in [0.15, 0.2) is 5.82 Å². The number of hydrogen-bond acceptors (Lipinski definition) is 4. The smallest absolute Gasteiger partial charge is 0.255 e. The lowest BCUT2D eigenvalue weighted by atomic mass is 10.0. The van der Waals surface area contributed by atoms with Crippen LogP contribution in [0.5, 0.6) is 0 Å². The third kappa shape index (κ3) is 3.12. The summed E-state index contributed by atoms with van der Waals surface area (Å²) in [5.41, 5.74) is 0. The summed E-state index contributed by atoms with van der Waals surface area (Å²) in [6.45, 7) is 5.10. The molecule has 0 spiro atoms. The number of aromatic nitrogens is 2. The maximum Gasteiger partial charge on any atom is 0.255 e. The molecular weight excluding hydrogens is 219 g/mol. The monoisotopic (exact) mass is 238 g/mol. The molecule has 1 aromatic rings. The molecule has 1 aromatic heterocycles. The number of piperidine rings is 1. The zero-order valence-electron chi connectivity index (χ0n) is 10.2. The first kappa shape index (κ1) is 12.2. The van der Waals surface area contributed by atoms with Crippen LogP contribution in [0.3, 0.4) is 0 Å². The van der Waals surface area contributed by atoms with Gasteiger partial charge in [-0.15, -0.1) is 0 Å². The predicted molar refractivity (Wildman–Crippen MR) is 65.4 cm³/mol. The Morgan fingerprint density at radius 1 is 1.41 bits per heavy atom. The van der Waals surface area contributed by atoms with Gasteiger partial charge in [-0.2, -0.15) is 4.39 Å². The van der Waals surface area contributed by atoms with Crippen LogP contribution in [0.15, 0.2) is 12.4 Å². The van der Waals surface area contributed by atoms with Crippen LogP contribution in [0, 0.1) is 5.95 Å². The van der Waals surface area contributed by atoms with Crippen LogP contribution in [0.25, 0.3) is 0 Å². The van der Waals surface area contributed by atoms with E-state index in [1.165, 1.54) is 31.7 Å². The van der Waals surface area contributed by atoms with Crippen LogP contribution in [0.2, 0.25) is 0 Å². The number of likely N-dealkylation sites (N-methyl/N-ethyl adjacent to an activating group) is 1. The maximum atomic E-state index is 13.3. The van der Waals surface area contributed by atoms with E-state index in [-0.39, 0.29) is 5.82 Å². The van der Waals surface area contributed by atoms with Gasteiger partial charge in [0, 0.05) is 25.0 Å². The Morgan fingerprint density at radius 2 is 2.24 bits per heavy atom. The number of likely N-dealkylation sites (tertiary alicyclic amines) is 1. The first-order chi connectivity index (χ1) is 8.31. The Labute approximate surface area is 101 Å². The van der Waals surface area contributed by atoms with Gasteiger partial charge in [-0.3, -0.25) is 4.90 Å². The summed E-state index contributed by atoms with van der Waals surface area (Å²) in [6, 6.07) is 0.482. The Kier molecular flexibility index (Phi) is 4.25. The molecule has 1 atom stereocenters. The number of nitrogens with one attached hydrogen (secondary N) is 1. The molecule has 1 saturated heterocycles. The largest absolute Gasteiger partial charge is 0.365 e. The molecule has 0 aliphatic carbocycles. The lowest BCUT2D eigenvalue weighted by Crippen LogP contribution is -2.43. The Hall–Kier alpha value is -1.23. The molecule has 1 N–H and O–H groups in total. The number of rotatable bonds is 4. The van der Waals surface area contributed by atoms with Gasteiger partial charge in [-0.25, -0.2) is 9.97 Å². The highest BCUT2D eigenvalue weighted by molar-refractivity contribution is 5.32. The second kappa shape index (κ2) is 5.91. The summed E-state index contributed by atoms with van der Waals surface area (Å²) in [6.07, 6.45) is 6.56. The van der Waals surface area contributed by atoms with Gasteiger partial charge in [-0.1, -0.05) is 13.3 Å². The highest BCUT2D eigenvalue weighted by Gasteiger charge is 2.20. The minimum absolute atomic E-state index is 0.258. The molecule has 0 amide bonds. The first-order valence-electron chi connectivity index (χ1n) is 6.25. The normalized spacial score (nSPS) is 21.4. The van der Waals surface area contributed by atoms with Crippen molar-refractivity contribution in [2.24, 2.45) is 0 Å². The van der Waals surface area contributed by atoms with Gasteiger partial charge in [-0.05, 0) is 25.9 Å². The fourth-order valence-electron chi connectivity index (χ4n) is 2.36. The molecule has 0 radical (unpaired) electrons. The molecule has 2 heterocycles. The average Bonchev–Trinajstić information content (AvgIpc) is 2.38. The van der Waals surface area contributed by atoms with E-state index >= 15 is 0 Å². The minimum Gasteiger partial charge on any atom is -0.365 e. The quantitative estimate of drug-likeness (QED) is 0.870. The van der Waals surface area contributed by atoms with Crippen LogP contribution in [0.1, 0.15) is 26.2 Å².